The van der Waals surface area contributed by atoms with Gasteiger partial charge < -0.3 is 19.7 Å². The topological polar surface area (TPSA) is 75.6 Å². The molecule has 2 aromatic heterocycles. The third-order valence-corrected chi connectivity index (χ3v) is 10.4. The number of piperazine rings is 1. The van der Waals surface area contributed by atoms with E-state index < -0.39 is 29.2 Å². The van der Waals surface area contributed by atoms with Crippen molar-refractivity contribution in [2.45, 2.75) is 61.9 Å². The molecule has 5 atom stereocenters. The van der Waals surface area contributed by atoms with E-state index in [1.807, 2.05) is 0 Å². The van der Waals surface area contributed by atoms with E-state index in [-0.39, 0.29) is 65.4 Å². The molecule has 1 N–H and O–H groups in total. The quantitative estimate of drug-likeness (QED) is 0.329. The predicted octanol–water partition coefficient (Wildman–Crippen LogP) is 4.92. The number of alkyl halides is 1. The van der Waals surface area contributed by atoms with Gasteiger partial charge in [-0.05, 0) is 43.7 Å². The molecule has 2 bridgehead atoms. The summed E-state index contributed by atoms with van der Waals surface area (Å²) < 4.78 is 73.4. The number of pyridine rings is 1. The van der Waals surface area contributed by atoms with Crippen LogP contribution in [0.4, 0.5) is 23.4 Å². The zero-order valence-electron chi connectivity index (χ0n) is 23.8. The Morgan fingerprint density at radius 3 is 2.84 bits per heavy atom. The first-order valence-corrected chi connectivity index (χ1v) is 15.3. The molecule has 0 radical (unpaired) electrons. The smallest absolute Gasteiger partial charge is 0.319 e. The fraction of sp³-hybridized carbons (Fsp3) is 0.469. The van der Waals surface area contributed by atoms with Crippen LogP contribution in [0.15, 0.2) is 30.3 Å². The van der Waals surface area contributed by atoms with E-state index in [1.165, 1.54) is 12.1 Å². The first-order valence-electron chi connectivity index (χ1n) is 15.3. The fourth-order valence-electron chi connectivity index (χ4n) is 8.31. The molecule has 0 saturated carbocycles. The van der Waals surface area contributed by atoms with Crippen molar-refractivity contribution in [3.8, 4) is 23.1 Å². The Kier molecular flexibility index (Phi) is 5.82. The van der Waals surface area contributed by atoms with Gasteiger partial charge in [0.1, 0.15) is 41.8 Å². The Morgan fingerprint density at radius 2 is 1.93 bits per heavy atom. The maximum absolute atomic E-state index is 16.8. The molecule has 0 aliphatic carbocycles. The molecule has 2 aromatic carbocycles. The number of anilines is 1. The van der Waals surface area contributed by atoms with E-state index in [4.69, 9.17) is 14.5 Å². The number of hydrogen-bond acceptors (Lipinski definition) is 8. The SMILES string of the molecule is Fc1ccc2cccc(-c3nc4c5c(nc(OC[C@@]67CCCN6C[C@H](F)C7)nc5c3F)N3CC5CCC(N5)C3CO4)c2c1F. The van der Waals surface area contributed by atoms with Crippen molar-refractivity contribution in [1.29, 1.82) is 0 Å². The highest BCUT2D eigenvalue weighted by atomic mass is 19.2. The molecular weight excluding hydrogens is 576 g/mol. The van der Waals surface area contributed by atoms with Crippen LogP contribution in [0.2, 0.25) is 0 Å². The summed E-state index contributed by atoms with van der Waals surface area (Å²) in [6.07, 6.45) is 3.20. The van der Waals surface area contributed by atoms with Crippen LogP contribution >= 0.6 is 0 Å². The van der Waals surface area contributed by atoms with Crippen molar-refractivity contribution in [2.24, 2.45) is 0 Å². The van der Waals surface area contributed by atoms with Gasteiger partial charge in [-0.2, -0.15) is 9.97 Å². The van der Waals surface area contributed by atoms with E-state index in [0.717, 1.165) is 38.3 Å². The Bertz CT molecular complexity index is 1840. The third kappa shape index (κ3) is 3.86. The molecular formula is C32H30F4N6O2. The van der Waals surface area contributed by atoms with Crippen LogP contribution < -0.4 is 19.7 Å². The van der Waals surface area contributed by atoms with Gasteiger partial charge in [-0.25, -0.2) is 22.5 Å². The Labute approximate surface area is 250 Å². The average Bonchev–Trinajstić information content (AvgIpc) is 3.66. The summed E-state index contributed by atoms with van der Waals surface area (Å²) in [6.45, 7) is 2.30. The molecule has 4 aromatic rings. The fourth-order valence-corrected chi connectivity index (χ4v) is 8.31. The van der Waals surface area contributed by atoms with Crippen molar-refractivity contribution >= 4 is 27.5 Å². The maximum atomic E-state index is 16.8. The number of fused-ring (bicyclic) bond motifs is 7. The minimum atomic E-state index is -1.08. The predicted molar refractivity (Wildman–Crippen MR) is 155 cm³/mol. The number of ether oxygens (including phenoxy) is 2. The second kappa shape index (κ2) is 9.61. The number of hydrogen-bond donors (Lipinski definition) is 1. The molecule has 3 unspecified atom stereocenters. The van der Waals surface area contributed by atoms with Gasteiger partial charge in [0.25, 0.3) is 0 Å². The molecule has 228 valence electrons. The van der Waals surface area contributed by atoms with Crippen LogP contribution in [-0.2, 0) is 0 Å². The van der Waals surface area contributed by atoms with Gasteiger partial charge in [0.15, 0.2) is 17.5 Å². The summed E-state index contributed by atoms with van der Waals surface area (Å²) in [6, 6.07) is 7.60. The Balaban J connectivity index is 1.23. The monoisotopic (exact) mass is 606 g/mol. The molecule has 4 saturated heterocycles. The zero-order valence-corrected chi connectivity index (χ0v) is 23.8. The number of nitrogens with one attached hydrogen (secondary N) is 1. The van der Waals surface area contributed by atoms with Crippen molar-refractivity contribution in [3.05, 3.63) is 47.8 Å². The molecule has 0 amide bonds. The van der Waals surface area contributed by atoms with Crippen molar-refractivity contribution < 1.29 is 27.0 Å². The lowest BCUT2D eigenvalue weighted by atomic mass is 9.95. The molecule has 7 heterocycles. The number of aromatic nitrogens is 3. The lowest BCUT2D eigenvalue weighted by Gasteiger charge is -2.40. The van der Waals surface area contributed by atoms with Crippen molar-refractivity contribution in [3.63, 3.8) is 0 Å². The van der Waals surface area contributed by atoms with E-state index in [9.17, 15) is 8.78 Å². The van der Waals surface area contributed by atoms with Gasteiger partial charge in [0, 0.05) is 42.5 Å². The summed E-state index contributed by atoms with van der Waals surface area (Å²) in [5, 5.41) is 4.30. The molecule has 12 heteroatoms. The highest BCUT2D eigenvalue weighted by molar-refractivity contribution is 6.01. The molecule has 44 heavy (non-hydrogen) atoms. The number of nitrogens with zero attached hydrogens (tertiary/aromatic N) is 5. The van der Waals surface area contributed by atoms with Crippen molar-refractivity contribution in [2.75, 3.05) is 37.7 Å². The lowest BCUT2D eigenvalue weighted by molar-refractivity contribution is 0.107. The Hall–Kier alpha value is -3.77. The molecule has 4 fully saturated rings. The minimum Gasteiger partial charge on any atom is -0.475 e. The molecule has 0 spiro atoms. The van der Waals surface area contributed by atoms with E-state index in [0.29, 0.717) is 36.1 Å². The maximum Gasteiger partial charge on any atom is 0.319 e. The van der Waals surface area contributed by atoms with Crippen LogP contribution in [-0.4, -0.2) is 82.5 Å². The average molecular weight is 607 g/mol. The summed E-state index contributed by atoms with van der Waals surface area (Å²) in [7, 11) is 0. The van der Waals surface area contributed by atoms with Gasteiger partial charge in [-0.3, -0.25) is 4.90 Å². The van der Waals surface area contributed by atoms with E-state index in [2.05, 4.69) is 25.1 Å². The van der Waals surface area contributed by atoms with Crippen LogP contribution in [0.3, 0.4) is 0 Å². The van der Waals surface area contributed by atoms with Crippen LogP contribution in [0.1, 0.15) is 32.1 Å². The first kappa shape index (κ1) is 26.6. The number of halogens is 4. The van der Waals surface area contributed by atoms with Gasteiger partial charge >= 0.3 is 6.01 Å². The van der Waals surface area contributed by atoms with Gasteiger partial charge in [-0.1, -0.05) is 24.3 Å². The minimum absolute atomic E-state index is 0.0142. The summed E-state index contributed by atoms with van der Waals surface area (Å²) in [5.41, 5.74) is -0.622. The summed E-state index contributed by atoms with van der Waals surface area (Å²) in [4.78, 5) is 18.3. The largest absolute Gasteiger partial charge is 0.475 e. The van der Waals surface area contributed by atoms with Gasteiger partial charge in [-0.15, -0.1) is 0 Å². The van der Waals surface area contributed by atoms with E-state index in [1.54, 1.807) is 12.1 Å². The standard InChI is InChI=1S/C32H30F4N6O2/c33-17-11-32(9-2-10-41(32)12-17)15-44-31-39-28-24-29(40-31)42-13-18-6-8-21(37-18)22(42)14-43-30(24)38-27(26(28)36)19-4-1-3-16-5-7-20(34)25(35)23(16)19/h1,3-5,7,17-18,21-22,37H,2,6,8-15H2/t17-,18?,21?,22?,32+/m1/s1. The highest BCUT2D eigenvalue weighted by Crippen LogP contribution is 2.45. The number of rotatable bonds is 4. The van der Waals surface area contributed by atoms with E-state index >= 15 is 8.78 Å². The summed E-state index contributed by atoms with van der Waals surface area (Å²) in [5.74, 6) is -2.32. The second-order valence-corrected chi connectivity index (χ2v) is 12.8. The molecule has 9 rings (SSSR count). The second-order valence-electron chi connectivity index (χ2n) is 12.8. The number of benzene rings is 2. The highest BCUT2D eigenvalue weighted by Gasteiger charge is 2.50. The lowest BCUT2D eigenvalue weighted by Crippen LogP contribution is -2.60. The molecule has 8 nitrogen and oxygen atoms in total. The van der Waals surface area contributed by atoms with Gasteiger partial charge in [0.05, 0.1) is 11.6 Å². The van der Waals surface area contributed by atoms with Crippen LogP contribution in [0, 0.1) is 17.5 Å². The summed E-state index contributed by atoms with van der Waals surface area (Å²) >= 11 is 0. The van der Waals surface area contributed by atoms with Crippen molar-refractivity contribution in [1.82, 2.24) is 25.2 Å². The Morgan fingerprint density at radius 1 is 1.02 bits per heavy atom. The van der Waals surface area contributed by atoms with Gasteiger partial charge in [0.2, 0.25) is 5.88 Å². The van der Waals surface area contributed by atoms with Crippen LogP contribution in [0.5, 0.6) is 11.9 Å². The molecule has 5 aliphatic rings. The zero-order chi connectivity index (χ0) is 29.7. The molecule has 5 aliphatic heterocycles. The first-order chi connectivity index (χ1) is 21.4. The normalized spacial score (nSPS) is 29.1. The third-order valence-electron chi connectivity index (χ3n) is 10.4. The van der Waals surface area contributed by atoms with Crippen LogP contribution in [0.25, 0.3) is 32.9 Å².